The third-order valence-electron chi connectivity index (χ3n) is 6.32. The van der Waals surface area contributed by atoms with Crippen LogP contribution in [0.2, 0.25) is 0 Å². The van der Waals surface area contributed by atoms with Gasteiger partial charge in [-0.1, -0.05) is 42.3 Å². The molecule has 3 heterocycles. The van der Waals surface area contributed by atoms with Crippen LogP contribution in [-0.2, 0) is 14.8 Å². The summed E-state index contributed by atoms with van der Waals surface area (Å²) >= 11 is 0. The van der Waals surface area contributed by atoms with Gasteiger partial charge in [0.15, 0.2) is 5.65 Å². The van der Waals surface area contributed by atoms with Crippen LogP contribution in [0.15, 0.2) is 78.0 Å². The summed E-state index contributed by atoms with van der Waals surface area (Å²) in [6.07, 6.45) is 0.991. The second-order valence-electron chi connectivity index (χ2n) is 10.4. The van der Waals surface area contributed by atoms with Crippen molar-refractivity contribution in [2.24, 2.45) is 0 Å². The fourth-order valence-corrected chi connectivity index (χ4v) is 5.89. The van der Waals surface area contributed by atoms with Crippen LogP contribution in [0.1, 0.15) is 26.5 Å². The highest BCUT2D eigenvalue weighted by Gasteiger charge is 2.29. The molecule has 0 N–H and O–H groups in total. The number of nitrogens with zero attached hydrogens (tertiary/aromatic N) is 5. The first-order valence-corrected chi connectivity index (χ1v) is 14.6. The number of anilines is 1. The lowest BCUT2D eigenvalue weighted by Crippen LogP contribution is -2.50. The number of fused-ring (bicyclic) bond motifs is 1. The Balaban J connectivity index is 1.48. The summed E-state index contributed by atoms with van der Waals surface area (Å²) < 4.78 is 40.0. The van der Waals surface area contributed by atoms with Gasteiger partial charge in [-0.25, -0.2) is 27.2 Å². The molecular formula is C30H31N5O5S. The van der Waals surface area contributed by atoms with Gasteiger partial charge in [0.2, 0.25) is 0 Å². The van der Waals surface area contributed by atoms with Crippen molar-refractivity contribution in [3.63, 3.8) is 0 Å². The van der Waals surface area contributed by atoms with Crippen molar-refractivity contribution < 1.29 is 22.7 Å². The molecule has 0 radical (unpaired) electrons. The molecule has 5 rings (SSSR count). The summed E-state index contributed by atoms with van der Waals surface area (Å²) in [5, 5.41) is 0.547. The number of para-hydroxylation sites is 1. The Morgan fingerprint density at radius 1 is 0.951 bits per heavy atom. The Bertz CT molecular complexity index is 1700. The van der Waals surface area contributed by atoms with Crippen LogP contribution in [0.5, 0.6) is 5.75 Å². The molecule has 212 valence electrons. The monoisotopic (exact) mass is 573 g/mol. The normalized spacial score (nSPS) is 13.9. The first kappa shape index (κ1) is 28.0. The minimum absolute atomic E-state index is 0.0715. The van der Waals surface area contributed by atoms with Gasteiger partial charge in [-0.3, -0.25) is 0 Å². The lowest BCUT2D eigenvalue weighted by atomic mass is 10.2. The van der Waals surface area contributed by atoms with Gasteiger partial charge in [-0.15, -0.1) is 0 Å². The van der Waals surface area contributed by atoms with Gasteiger partial charge in [-0.2, -0.15) is 0 Å². The molecule has 0 atom stereocenters. The molecule has 1 aliphatic rings. The van der Waals surface area contributed by atoms with Crippen LogP contribution in [0, 0.1) is 11.8 Å². The van der Waals surface area contributed by atoms with E-state index in [4.69, 9.17) is 9.47 Å². The van der Waals surface area contributed by atoms with Crippen molar-refractivity contribution in [3.05, 3.63) is 78.8 Å². The number of hydrogen-bond donors (Lipinski definition) is 0. The largest absolute Gasteiger partial charge is 0.481 e. The number of carbonyl (C=O) groups excluding carboxylic acids is 1. The molecule has 0 unspecified atom stereocenters. The van der Waals surface area contributed by atoms with E-state index in [1.54, 1.807) is 29.2 Å². The summed E-state index contributed by atoms with van der Waals surface area (Å²) in [4.78, 5) is 25.2. The number of amides is 1. The van der Waals surface area contributed by atoms with E-state index in [0.717, 1.165) is 3.97 Å². The molecule has 11 heteroatoms. The first-order valence-electron chi connectivity index (χ1n) is 13.2. The van der Waals surface area contributed by atoms with E-state index in [1.165, 1.54) is 18.5 Å². The van der Waals surface area contributed by atoms with Gasteiger partial charge in [0.1, 0.15) is 35.8 Å². The van der Waals surface area contributed by atoms with Crippen molar-refractivity contribution >= 4 is 33.0 Å². The number of piperazine rings is 1. The number of carbonyl (C=O) groups is 1. The minimum Gasteiger partial charge on any atom is -0.481 e. The topological polar surface area (TPSA) is 107 Å². The van der Waals surface area contributed by atoms with Crippen LogP contribution in [0.3, 0.4) is 0 Å². The van der Waals surface area contributed by atoms with Crippen LogP contribution in [0.25, 0.3) is 11.0 Å². The van der Waals surface area contributed by atoms with E-state index >= 15 is 0 Å². The Morgan fingerprint density at radius 2 is 1.61 bits per heavy atom. The van der Waals surface area contributed by atoms with E-state index in [-0.39, 0.29) is 28.9 Å². The molecule has 1 fully saturated rings. The standard InChI is InChI=1S/C30H31N5O5S/c1-30(2,3)40-29(36)34-18-16-33(17-19-34)27-26-21-23(11-10-20-39-24-12-6-4-7-13-24)35(28(26)32-22-31-27)41(37,38)25-14-8-5-9-15-25/h4-9,12-15,21-22H,16-20H2,1-3H3. The Labute approximate surface area is 239 Å². The summed E-state index contributed by atoms with van der Waals surface area (Å²) in [6, 6.07) is 19.1. The van der Waals surface area contributed by atoms with Crippen LogP contribution >= 0.6 is 0 Å². The van der Waals surface area contributed by atoms with Gasteiger partial charge < -0.3 is 19.3 Å². The van der Waals surface area contributed by atoms with Crippen LogP contribution in [0.4, 0.5) is 10.6 Å². The maximum atomic E-state index is 13.8. The van der Waals surface area contributed by atoms with Gasteiger partial charge in [-0.05, 0) is 57.0 Å². The quantitative estimate of drug-likeness (QED) is 0.328. The summed E-state index contributed by atoms with van der Waals surface area (Å²) in [7, 11) is -4.03. The van der Waals surface area contributed by atoms with Crippen molar-refractivity contribution in [2.45, 2.75) is 31.3 Å². The fraction of sp³-hybridized carbons (Fsp3) is 0.300. The van der Waals surface area contributed by atoms with Gasteiger partial charge in [0.25, 0.3) is 10.0 Å². The van der Waals surface area contributed by atoms with Crippen molar-refractivity contribution in [1.82, 2.24) is 18.8 Å². The van der Waals surface area contributed by atoms with E-state index in [2.05, 4.69) is 21.8 Å². The molecule has 1 saturated heterocycles. The highest BCUT2D eigenvalue weighted by molar-refractivity contribution is 7.90. The predicted molar refractivity (Wildman–Crippen MR) is 155 cm³/mol. The third-order valence-corrected chi connectivity index (χ3v) is 8.04. The second-order valence-corrected chi connectivity index (χ2v) is 12.2. The SMILES string of the molecule is CC(C)(C)OC(=O)N1CCN(c2ncnc3c2cc(C#CCOc2ccccc2)n3S(=O)(=O)c2ccccc2)CC1. The van der Waals surface area contributed by atoms with Gasteiger partial charge >= 0.3 is 6.09 Å². The Kier molecular flexibility index (Phi) is 7.85. The zero-order valence-corrected chi connectivity index (χ0v) is 24.0. The summed E-state index contributed by atoms with van der Waals surface area (Å²) in [5.74, 6) is 7.15. The molecule has 1 amide bonds. The number of ether oxygens (including phenoxy) is 2. The lowest BCUT2D eigenvalue weighted by molar-refractivity contribution is 0.0240. The molecule has 0 spiro atoms. The average molecular weight is 574 g/mol. The van der Waals surface area contributed by atoms with E-state index in [9.17, 15) is 13.2 Å². The molecule has 4 aromatic rings. The molecule has 41 heavy (non-hydrogen) atoms. The lowest BCUT2D eigenvalue weighted by Gasteiger charge is -2.36. The van der Waals surface area contributed by atoms with Crippen LogP contribution in [-0.4, -0.2) is 71.7 Å². The minimum atomic E-state index is -4.03. The van der Waals surface area contributed by atoms with Gasteiger partial charge in [0.05, 0.1) is 10.3 Å². The van der Waals surface area contributed by atoms with E-state index in [0.29, 0.717) is 43.1 Å². The molecule has 10 nitrogen and oxygen atoms in total. The molecule has 0 bridgehead atoms. The third kappa shape index (κ3) is 6.28. The van der Waals surface area contributed by atoms with Crippen molar-refractivity contribution in [2.75, 3.05) is 37.7 Å². The summed E-state index contributed by atoms with van der Waals surface area (Å²) in [5.41, 5.74) is -0.111. The zero-order chi connectivity index (χ0) is 29.0. The maximum Gasteiger partial charge on any atom is 0.410 e. The number of hydrogen-bond acceptors (Lipinski definition) is 8. The molecule has 1 aliphatic heterocycles. The average Bonchev–Trinajstić information content (AvgIpc) is 3.35. The van der Waals surface area contributed by atoms with Crippen molar-refractivity contribution in [1.29, 1.82) is 0 Å². The smallest absolute Gasteiger partial charge is 0.410 e. The second kappa shape index (κ2) is 11.5. The Morgan fingerprint density at radius 3 is 2.27 bits per heavy atom. The summed E-state index contributed by atoms with van der Waals surface area (Å²) in [6.45, 7) is 7.44. The molecule has 0 aliphatic carbocycles. The van der Waals surface area contributed by atoms with E-state index in [1.807, 2.05) is 56.0 Å². The van der Waals surface area contributed by atoms with Crippen molar-refractivity contribution in [3.8, 4) is 17.6 Å². The Hall–Kier alpha value is -4.56. The molecular weight excluding hydrogens is 542 g/mol. The molecule has 2 aromatic heterocycles. The number of rotatable bonds is 5. The van der Waals surface area contributed by atoms with Gasteiger partial charge in [0, 0.05) is 26.2 Å². The predicted octanol–water partition coefficient (Wildman–Crippen LogP) is 4.16. The van der Waals surface area contributed by atoms with Crippen LogP contribution < -0.4 is 9.64 Å². The zero-order valence-electron chi connectivity index (χ0n) is 23.1. The highest BCUT2D eigenvalue weighted by atomic mass is 32.2. The molecule has 0 saturated carbocycles. The fourth-order valence-electron chi connectivity index (χ4n) is 4.45. The van der Waals surface area contributed by atoms with E-state index < -0.39 is 15.6 Å². The highest BCUT2D eigenvalue weighted by Crippen LogP contribution is 2.30. The molecule has 2 aromatic carbocycles. The first-order chi connectivity index (χ1) is 19.6. The maximum absolute atomic E-state index is 13.8. The number of aromatic nitrogens is 3. The number of benzene rings is 2.